The Bertz CT molecular complexity index is 820. The lowest BCUT2D eigenvalue weighted by atomic mass is 10.2. The molecule has 3 rings (SSSR count). The third kappa shape index (κ3) is 6.98. The van der Waals surface area contributed by atoms with Gasteiger partial charge >= 0.3 is 0 Å². The van der Waals surface area contributed by atoms with Crippen molar-refractivity contribution in [3.05, 3.63) is 71.5 Å². The molecule has 2 aromatic rings. The summed E-state index contributed by atoms with van der Waals surface area (Å²) in [6.07, 6.45) is 0.779. The van der Waals surface area contributed by atoms with Crippen molar-refractivity contribution in [3.8, 4) is 0 Å². The minimum absolute atomic E-state index is 0.120. The summed E-state index contributed by atoms with van der Waals surface area (Å²) in [6.45, 7) is 6.38. The highest BCUT2D eigenvalue weighted by atomic mass is 32.2. The van der Waals surface area contributed by atoms with E-state index in [0.717, 1.165) is 45.7 Å². The van der Waals surface area contributed by atoms with Crippen LogP contribution in [-0.2, 0) is 22.3 Å². The van der Waals surface area contributed by atoms with Crippen LogP contribution in [0.15, 0.2) is 54.6 Å². The number of benzene rings is 2. The summed E-state index contributed by atoms with van der Waals surface area (Å²) in [6, 6.07) is 16.1. The molecule has 7 heteroatoms. The van der Waals surface area contributed by atoms with Crippen LogP contribution >= 0.6 is 0 Å². The highest BCUT2D eigenvalue weighted by Gasteiger charge is 2.17. The van der Waals surface area contributed by atoms with E-state index in [2.05, 4.69) is 38.8 Å². The first-order chi connectivity index (χ1) is 13.5. The molecular formula is C21H28FN3O2S. The molecule has 152 valence electrons. The van der Waals surface area contributed by atoms with Gasteiger partial charge in [-0.25, -0.2) is 17.5 Å². The van der Waals surface area contributed by atoms with Gasteiger partial charge in [0.25, 0.3) is 0 Å². The lowest BCUT2D eigenvalue weighted by Gasteiger charge is -2.34. The second-order valence-corrected chi connectivity index (χ2v) is 9.04. The molecule has 0 saturated carbocycles. The Balaban J connectivity index is 1.32. The maximum atomic E-state index is 12.9. The van der Waals surface area contributed by atoms with Gasteiger partial charge in [0.05, 0.1) is 5.75 Å². The van der Waals surface area contributed by atoms with Crippen LogP contribution in [0.3, 0.4) is 0 Å². The highest BCUT2D eigenvalue weighted by Crippen LogP contribution is 2.09. The first-order valence-electron chi connectivity index (χ1n) is 9.71. The zero-order valence-corrected chi connectivity index (χ0v) is 16.9. The van der Waals surface area contributed by atoms with Crippen LogP contribution in [0.4, 0.5) is 4.39 Å². The average Bonchev–Trinajstić information content (AvgIpc) is 2.69. The van der Waals surface area contributed by atoms with Crippen molar-refractivity contribution in [3.63, 3.8) is 0 Å². The van der Waals surface area contributed by atoms with Gasteiger partial charge < -0.3 is 4.90 Å². The van der Waals surface area contributed by atoms with Crippen molar-refractivity contribution in [2.75, 3.05) is 39.3 Å². The molecule has 1 heterocycles. The Morgan fingerprint density at radius 3 is 2.18 bits per heavy atom. The van der Waals surface area contributed by atoms with Crippen molar-refractivity contribution in [2.24, 2.45) is 0 Å². The zero-order valence-electron chi connectivity index (χ0n) is 16.1. The van der Waals surface area contributed by atoms with Gasteiger partial charge in [-0.1, -0.05) is 42.5 Å². The van der Waals surface area contributed by atoms with E-state index in [1.165, 1.54) is 29.8 Å². The molecule has 0 amide bonds. The maximum absolute atomic E-state index is 12.9. The topological polar surface area (TPSA) is 52.7 Å². The summed E-state index contributed by atoms with van der Waals surface area (Å²) < 4.78 is 39.8. The van der Waals surface area contributed by atoms with Crippen molar-refractivity contribution in [1.82, 2.24) is 14.5 Å². The molecule has 2 aromatic carbocycles. The molecule has 1 saturated heterocycles. The molecule has 5 nitrogen and oxygen atoms in total. The highest BCUT2D eigenvalue weighted by molar-refractivity contribution is 7.88. The van der Waals surface area contributed by atoms with Crippen molar-refractivity contribution < 1.29 is 12.8 Å². The van der Waals surface area contributed by atoms with Gasteiger partial charge in [-0.2, -0.15) is 0 Å². The van der Waals surface area contributed by atoms with E-state index in [1.54, 1.807) is 0 Å². The molecule has 0 unspecified atom stereocenters. The number of hydrogen-bond acceptors (Lipinski definition) is 4. The van der Waals surface area contributed by atoms with Crippen LogP contribution in [-0.4, -0.2) is 57.5 Å². The van der Waals surface area contributed by atoms with Gasteiger partial charge in [0.1, 0.15) is 5.82 Å². The number of piperazine rings is 1. The summed E-state index contributed by atoms with van der Waals surface area (Å²) in [7, 11) is -3.39. The van der Waals surface area contributed by atoms with E-state index >= 15 is 0 Å². The number of nitrogens with one attached hydrogen (secondary N) is 1. The molecule has 28 heavy (non-hydrogen) atoms. The number of nitrogens with zero attached hydrogens (tertiary/aromatic N) is 2. The molecule has 0 atom stereocenters. The van der Waals surface area contributed by atoms with E-state index in [4.69, 9.17) is 0 Å². The molecule has 1 fully saturated rings. The zero-order chi connectivity index (χ0) is 19.8. The lowest BCUT2D eigenvalue weighted by molar-refractivity contribution is 0.126. The minimum Gasteiger partial charge on any atom is -0.301 e. The number of rotatable bonds is 9. The monoisotopic (exact) mass is 405 g/mol. The van der Waals surface area contributed by atoms with Crippen LogP contribution in [0.5, 0.6) is 0 Å². The van der Waals surface area contributed by atoms with Gasteiger partial charge in [0.2, 0.25) is 10.0 Å². The van der Waals surface area contributed by atoms with Gasteiger partial charge in [0.15, 0.2) is 0 Å². The second kappa shape index (κ2) is 10.1. The molecule has 0 radical (unpaired) electrons. The normalized spacial score (nSPS) is 16.3. The SMILES string of the molecule is O=S(=O)(Cc1ccc(F)cc1)NCCCN1CCN(Cc2ccccc2)CC1. The van der Waals surface area contributed by atoms with Crippen molar-refractivity contribution >= 4 is 10.0 Å². The van der Waals surface area contributed by atoms with Crippen molar-refractivity contribution in [2.45, 2.75) is 18.7 Å². The predicted molar refractivity (Wildman–Crippen MR) is 110 cm³/mol. The fourth-order valence-corrected chi connectivity index (χ4v) is 4.58. The standard InChI is InChI=1S/C21H28FN3O2S/c22-21-9-7-20(8-10-21)18-28(26,27)23-11-4-12-24-13-15-25(16-14-24)17-19-5-2-1-3-6-19/h1-3,5-10,23H,4,11-18H2. The summed E-state index contributed by atoms with van der Waals surface area (Å²) >= 11 is 0. The number of sulfonamides is 1. The Hall–Kier alpha value is -1.80. The molecule has 1 N–H and O–H groups in total. The predicted octanol–water partition coefficient (Wildman–Crippen LogP) is 2.45. The quantitative estimate of drug-likeness (QED) is 0.651. The number of halogens is 1. The second-order valence-electron chi connectivity index (χ2n) is 7.24. The van der Waals surface area contributed by atoms with Crippen LogP contribution in [0, 0.1) is 5.82 Å². The molecule has 1 aliphatic heterocycles. The van der Waals surface area contributed by atoms with E-state index in [1.807, 2.05) is 6.07 Å². The van der Waals surface area contributed by atoms with Gasteiger partial charge in [-0.15, -0.1) is 0 Å². The van der Waals surface area contributed by atoms with E-state index in [0.29, 0.717) is 12.1 Å². The Morgan fingerprint density at radius 2 is 1.50 bits per heavy atom. The first kappa shape index (κ1) is 20.9. The van der Waals surface area contributed by atoms with Crippen molar-refractivity contribution in [1.29, 1.82) is 0 Å². The largest absolute Gasteiger partial charge is 0.301 e. The smallest absolute Gasteiger partial charge is 0.215 e. The Morgan fingerprint density at radius 1 is 0.857 bits per heavy atom. The van der Waals surface area contributed by atoms with Crippen LogP contribution in [0.1, 0.15) is 17.5 Å². The molecule has 0 aliphatic carbocycles. The van der Waals surface area contributed by atoms with Crippen LogP contribution in [0.2, 0.25) is 0 Å². The van der Waals surface area contributed by atoms with Gasteiger partial charge in [-0.3, -0.25) is 4.90 Å². The summed E-state index contributed by atoms with van der Waals surface area (Å²) in [5.74, 6) is -0.483. The summed E-state index contributed by atoms with van der Waals surface area (Å²) in [5.41, 5.74) is 1.93. The molecule has 0 bridgehead atoms. The van der Waals surface area contributed by atoms with E-state index < -0.39 is 10.0 Å². The average molecular weight is 406 g/mol. The lowest BCUT2D eigenvalue weighted by Crippen LogP contribution is -2.46. The van der Waals surface area contributed by atoms with Crippen LogP contribution in [0.25, 0.3) is 0 Å². The molecule has 0 aromatic heterocycles. The summed E-state index contributed by atoms with van der Waals surface area (Å²) in [5, 5.41) is 0. The first-order valence-corrected chi connectivity index (χ1v) is 11.4. The number of hydrogen-bond donors (Lipinski definition) is 1. The third-order valence-electron chi connectivity index (χ3n) is 4.96. The molecule has 1 aliphatic rings. The molecule has 0 spiro atoms. The minimum atomic E-state index is -3.39. The third-order valence-corrected chi connectivity index (χ3v) is 6.31. The van der Waals surface area contributed by atoms with E-state index in [9.17, 15) is 12.8 Å². The summed E-state index contributed by atoms with van der Waals surface area (Å²) in [4.78, 5) is 4.84. The van der Waals surface area contributed by atoms with Gasteiger partial charge in [0, 0.05) is 39.3 Å². The fourth-order valence-electron chi connectivity index (χ4n) is 3.39. The fraction of sp³-hybridized carbons (Fsp3) is 0.429. The van der Waals surface area contributed by atoms with Gasteiger partial charge in [-0.05, 0) is 36.2 Å². The molecular weight excluding hydrogens is 377 g/mol. The maximum Gasteiger partial charge on any atom is 0.215 e. The van der Waals surface area contributed by atoms with Crippen LogP contribution < -0.4 is 4.72 Å². The Kier molecular flexibility index (Phi) is 7.56. The van der Waals surface area contributed by atoms with E-state index in [-0.39, 0.29) is 11.6 Å². The Labute approximate surface area is 167 Å².